The number of nitrogen functional groups attached to an aromatic ring is 2. The van der Waals surface area contributed by atoms with E-state index in [4.69, 9.17) is 71.3 Å². The molecule has 0 radical (unpaired) electrons. The highest BCUT2D eigenvalue weighted by Crippen LogP contribution is 2.55. The fraction of sp³-hybridized carbons (Fsp3) is 0.543. The number of aromatic amines is 4. The Morgan fingerprint density at radius 3 is 1.16 bits per heavy atom. The monoisotopic (exact) mass is 1510 g/mol. The van der Waals surface area contributed by atoms with Crippen LogP contribution in [0.1, 0.15) is 31.1 Å². The van der Waals surface area contributed by atoms with Crippen molar-refractivity contribution in [2.24, 2.45) is 0 Å². The van der Waals surface area contributed by atoms with Gasteiger partial charge in [-0.15, -0.1) is 0 Å². The standard InChI is InChI=1S/C46H58N14O36P4/c47-20-1-5-56(43(72)50-20)37-26(66)25(65)16(89-37)10-84-97(76,77)94-32-18(91-38(28(32)68)57-6-2-21(62)51-44(57)73)12-86-99(80,81)96-34-19(92-40(30(34)70)59-8-4-23(64)53-46(59)75)13-87-100(82,83)95-33-17(90-39(29(33)69)58-7-3-22(63)52-45(58)74)11-85-98(78,79)93-31-15(9-61)88-41(27(31)67)60-14-49-24-35(60)54-42(48)55-36(24)71/h1-8,14-19,25-34,37-41,61,65-70H,9-13H2,(H,76,77)(H,78,79)(H,80,81)(H,82,83)(H2,47,50,72)(H,51,62,73)(H,52,63,74)(H,53,64,75)(H3,48,54,55,71)/t15-,16-,17-,18-,19-,25-,26-,27-,28-,29-,30-,31-,32-,33-,34-,37-,38-,39-,40-,41-/m1/s1. The van der Waals surface area contributed by atoms with Crippen molar-refractivity contribution in [3.63, 3.8) is 0 Å². The van der Waals surface area contributed by atoms with E-state index in [1.165, 1.54) is 0 Å². The smallest absolute Gasteiger partial charge is 0.394 e. The molecule has 6 aromatic heterocycles. The summed E-state index contributed by atoms with van der Waals surface area (Å²) in [5.41, 5.74) is 2.03. The number of anilines is 2. The Kier molecular flexibility index (Phi) is 21.4. The fourth-order valence-corrected chi connectivity index (χ4v) is 14.9. The third kappa shape index (κ3) is 15.7. The van der Waals surface area contributed by atoms with E-state index in [1.807, 2.05) is 15.0 Å². The highest BCUT2D eigenvalue weighted by molar-refractivity contribution is 7.48. The SMILES string of the molecule is Nc1ccn([C@@H]2O[C@H](COP(=O)(O)O[C@H]3[C@@H](O)[C@H](n4ccc(=O)[nH]c4=O)O[C@@H]3COP(=O)(O)O[C@H]3[C@@H](O)[C@H](n4ccc(=O)[nH]c4=O)O[C@@H]3COP(=O)(O)O[C@H]3[C@@H](O)[C@H](n4ccc(=O)[nH]c4=O)O[C@@H]3COP(=O)(O)O[C@H]3[C@@H](O)[C@H](n4cnc5c(=O)[nH]c(N)nc54)O[C@@H]3CO)[C@@H](O)[C@H]2O)c(=O)n1. The average Bonchev–Trinajstić information content (AvgIpc) is 1.63. The molecule has 24 atom stereocenters. The first-order chi connectivity index (χ1) is 47.0. The Hall–Kier alpha value is -7.17. The Labute approximate surface area is 549 Å². The van der Waals surface area contributed by atoms with Gasteiger partial charge in [0.1, 0.15) is 97.4 Å². The van der Waals surface area contributed by atoms with Gasteiger partial charge in [0.15, 0.2) is 42.3 Å². The van der Waals surface area contributed by atoms with Gasteiger partial charge < -0.3 is 90.5 Å². The molecule has 100 heavy (non-hydrogen) atoms. The molecule has 50 nitrogen and oxygen atoms in total. The van der Waals surface area contributed by atoms with Crippen LogP contribution in [-0.4, -0.2) is 238 Å². The van der Waals surface area contributed by atoms with Gasteiger partial charge in [-0.1, -0.05) is 0 Å². The molecule has 54 heteroatoms. The minimum atomic E-state index is -5.93. The van der Waals surface area contributed by atoms with Crippen LogP contribution >= 0.6 is 31.3 Å². The quantitative estimate of drug-likeness (QED) is 0.0224. The summed E-state index contributed by atoms with van der Waals surface area (Å²) in [5, 5.41) is 77.6. The van der Waals surface area contributed by atoms with Gasteiger partial charge >= 0.3 is 54.0 Å². The number of rotatable bonds is 26. The Bertz CT molecular complexity index is 4730. The molecule has 548 valence electrons. The number of ether oxygens (including phenoxy) is 5. The molecule has 5 aliphatic heterocycles. The number of nitrogens with one attached hydrogen (secondary N) is 4. The molecule has 0 amide bonds. The lowest BCUT2D eigenvalue weighted by Crippen LogP contribution is -2.40. The third-order valence-electron chi connectivity index (χ3n) is 15.6. The molecule has 5 aliphatic rings. The summed E-state index contributed by atoms with van der Waals surface area (Å²) in [5.74, 6) is -0.611. The van der Waals surface area contributed by atoms with Crippen LogP contribution in [0.25, 0.3) is 11.2 Å². The van der Waals surface area contributed by atoms with Gasteiger partial charge in [0, 0.05) is 43.0 Å². The molecular formula is C46H58N14O36P4. The summed E-state index contributed by atoms with van der Waals surface area (Å²) in [6, 6.07) is 3.42. The molecule has 19 N–H and O–H groups in total. The number of nitrogens with zero attached hydrogens (tertiary/aromatic N) is 8. The molecular weight excluding hydrogens is 1450 g/mol. The highest BCUT2D eigenvalue weighted by atomic mass is 31.2. The molecule has 4 unspecified atom stereocenters. The van der Waals surface area contributed by atoms with Crippen molar-refractivity contribution < 1.29 is 133 Å². The third-order valence-corrected chi connectivity index (χ3v) is 19.5. The number of phosphoric acid groups is 4. The molecule has 11 heterocycles. The lowest BCUT2D eigenvalue weighted by Gasteiger charge is -2.27. The van der Waals surface area contributed by atoms with Gasteiger partial charge in [-0.2, -0.15) is 9.97 Å². The zero-order chi connectivity index (χ0) is 72.4. The highest BCUT2D eigenvalue weighted by Gasteiger charge is 2.56. The number of fused-ring (bicyclic) bond motifs is 1. The van der Waals surface area contributed by atoms with Gasteiger partial charge in [0.25, 0.3) is 22.2 Å². The Morgan fingerprint density at radius 2 is 0.780 bits per heavy atom. The summed E-state index contributed by atoms with van der Waals surface area (Å²) in [7, 11) is -23.1. The van der Waals surface area contributed by atoms with E-state index in [-0.39, 0.29) is 17.0 Å². The van der Waals surface area contributed by atoms with Crippen LogP contribution in [0.3, 0.4) is 0 Å². The fourth-order valence-electron chi connectivity index (χ4n) is 11.0. The maximum atomic E-state index is 14.1. The molecule has 0 saturated carbocycles. The van der Waals surface area contributed by atoms with Crippen LogP contribution in [0.15, 0.2) is 93.7 Å². The van der Waals surface area contributed by atoms with Crippen molar-refractivity contribution >= 4 is 54.2 Å². The first-order valence-electron chi connectivity index (χ1n) is 28.6. The topological polar surface area (TPSA) is 726 Å². The van der Waals surface area contributed by atoms with E-state index in [9.17, 15) is 112 Å². The lowest BCUT2D eigenvalue weighted by molar-refractivity contribution is -0.0665. The summed E-state index contributed by atoms with van der Waals surface area (Å²) in [4.78, 5) is 163. The average molecular weight is 1510 g/mol. The number of aliphatic hydroxyl groups excluding tert-OH is 7. The number of imidazole rings is 1. The number of nitrogens with two attached hydrogens (primary N) is 2. The van der Waals surface area contributed by atoms with E-state index < -0.39 is 238 Å². The number of phosphoric ester groups is 4. The molecule has 5 saturated heterocycles. The van der Waals surface area contributed by atoms with Gasteiger partial charge in [-0.25, -0.2) is 42.4 Å². The van der Waals surface area contributed by atoms with Crippen LogP contribution < -0.4 is 56.5 Å². The molecule has 6 aromatic rings. The largest absolute Gasteiger partial charge is 0.472 e. The van der Waals surface area contributed by atoms with Crippen molar-refractivity contribution in [1.29, 1.82) is 0 Å². The zero-order valence-electron chi connectivity index (χ0n) is 49.9. The summed E-state index contributed by atoms with van der Waals surface area (Å²) >= 11 is 0. The first kappa shape index (κ1) is 74.0. The van der Waals surface area contributed by atoms with Crippen molar-refractivity contribution in [1.82, 2.24) is 57.7 Å². The van der Waals surface area contributed by atoms with E-state index >= 15 is 0 Å². The van der Waals surface area contributed by atoms with Gasteiger partial charge in [0.05, 0.1) is 39.4 Å². The minimum Gasteiger partial charge on any atom is -0.394 e. The lowest BCUT2D eigenvalue weighted by atomic mass is 10.1. The number of aliphatic hydroxyl groups is 7. The maximum Gasteiger partial charge on any atom is 0.472 e. The van der Waals surface area contributed by atoms with Gasteiger partial charge in [0.2, 0.25) is 5.95 Å². The van der Waals surface area contributed by atoms with E-state index in [0.717, 1.165) is 64.5 Å². The predicted molar refractivity (Wildman–Crippen MR) is 315 cm³/mol. The van der Waals surface area contributed by atoms with Crippen LogP contribution in [-0.2, 0) is 78.1 Å². The number of hydrogen-bond acceptors (Lipinski definition) is 37. The maximum absolute atomic E-state index is 14.1. The van der Waals surface area contributed by atoms with Gasteiger partial charge in [-0.05, 0) is 6.07 Å². The first-order valence-corrected chi connectivity index (χ1v) is 34.6. The van der Waals surface area contributed by atoms with Crippen molar-refractivity contribution in [3.8, 4) is 0 Å². The number of H-pyrrole nitrogens is 4. The van der Waals surface area contributed by atoms with Crippen LogP contribution in [0.2, 0.25) is 0 Å². The molecule has 0 bridgehead atoms. The molecule has 11 rings (SSSR count). The zero-order valence-corrected chi connectivity index (χ0v) is 53.5. The van der Waals surface area contributed by atoms with Gasteiger partial charge in [-0.3, -0.25) is 98.1 Å². The summed E-state index contributed by atoms with van der Waals surface area (Å²) < 4.78 is 128. The van der Waals surface area contributed by atoms with Crippen molar-refractivity contribution in [2.45, 2.75) is 123 Å². The van der Waals surface area contributed by atoms with E-state index in [1.54, 1.807) is 0 Å². The van der Waals surface area contributed by atoms with Crippen LogP contribution in [0.5, 0.6) is 0 Å². The Balaban J connectivity index is 0.795. The normalized spacial score (nSPS) is 33.1. The molecule has 0 spiro atoms. The van der Waals surface area contributed by atoms with Crippen molar-refractivity contribution in [3.05, 3.63) is 139 Å². The van der Waals surface area contributed by atoms with E-state index in [2.05, 4.69) is 19.9 Å². The second kappa shape index (κ2) is 28.9. The van der Waals surface area contributed by atoms with Crippen LogP contribution in [0.4, 0.5) is 11.8 Å². The second-order valence-electron chi connectivity index (χ2n) is 22.2. The van der Waals surface area contributed by atoms with Crippen LogP contribution in [0, 0.1) is 0 Å². The minimum absolute atomic E-state index is 0.220. The number of hydrogen-bond donors (Lipinski definition) is 17. The molecule has 0 aliphatic carbocycles. The van der Waals surface area contributed by atoms with E-state index in [0.29, 0.717) is 13.7 Å². The second-order valence-corrected chi connectivity index (χ2v) is 27.8. The van der Waals surface area contributed by atoms with Crippen molar-refractivity contribution in [2.75, 3.05) is 44.5 Å². The molecule has 5 fully saturated rings. The summed E-state index contributed by atoms with van der Waals surface area (Å²) in [6.45, 7) is -6.34. The number of aromatic nitrogens is 12. The summed E-state index contributed by atoms with van der Waals surface area (Å²) in [6.07, 6.45) is -36.8. The molecule has 0 aromatic carbocycles. The Morgan fingerprint density at radius 1 is 0.440 bits per heavy atom. The predicted octanol–water partition coefficient (Wildman–Crippen LogP) is -9.16.